The number of hydrogen-bond acceptors (Lipinski definition) is 5. The van der Waals surface area contributed by atoms with Crippen LogP contribution in [-0.2, 0) is 0 Å². The summed E-state index contributed by atoms with van der Waals surface area (Å²) in [4.78, 5) is 12.1. The van der Waals surface area contributed by atoms with E-state index in [0.29, 0.717) is 17.1 Å². The summed E-state index contributed by atoms with van der Waals surface area (Å²) in [5, 5.41) is 14.0. The third-order valence-corrected chi connectivity index (χ3v) is 2.55. The molecule has 1 aromatic carbocycles. The maximum Gasteiger partial charge on any atom is 0.255 e. The summed E-state index contributed by atoms with van der Waals surface area (Å²) in [6, 6.07) is 4.34. The molecule has 0 fully saturated rings. The van der Waals surface area contributed by atoms with Gasteiger partial charge in [0.05, 0.1) is 25.8 Å². The third kappa shape index (κ3) is 3.27. The summed E-state index contributed by atoms with van der Waals surface area (Å²) < 4.78 is 10.3. The summed E-state index contributed by atoms with van der Waals surface area (Å²) in [6.45, 7) is 1.60. The quantitative estimate of drug-likeness (QED) is 0.313. The van der Waals surface area contributed by atoms with E-state index in [9.17, 15) is 4.79 Å². The first-order chi connectivity index (χ1) is 9.04. The predicted molar refractivity (Wildman–Crippen MR) is 69.9 cm³/mol. The van der Waals surface area contributed by atoms with Gasteiger partial charge in [0.25, 0.3) is 5.91 Å². The second kappa shape index (κ2) is 6.48. The molecule has 4 N–H and O–H groups in total. The molecule has 0 heterocycles. The molecule has 104 valence electrons. The molecule has 1 amide bonds. The number of nitrogens with two attached hydrogens (primary N) is 1. The molecule has 19 heavy (non-hydrogen) atoms. The first-order valence-electron chi connectivity index (χ1n) is 5.54. The summed E-state index contributed by atoms with van der Waals surface area (Å²) in [5.41, 5.74) is 5.70. The summed E-state index contributed by atoms with van der Waals surface area (Å²) in [5.74, 6) is 0.283. The largest absolute Gasteiger partial charge is 0.493 e. The summed E-state index contributed by atoms with van der Waals surface area (Å²) in [6.07, 6.45) is 0. The Morgan fingerprint density at radius 2 is 2.11 bits per heavy atom. The van der Waals surface area contributed by atoms with E-state index in [0.717, 1.165) is 0 Å². The fraction of sp³-hybridized carbons (Fsp3) is 0.333. The lowest BCUT2D eigenvalue weighted by molar-refractivity contribution is 0.0945. The van der Waals surface area contributed by atoms with Crippen molar-refractivity contribution in [3.63, 3.8) is 0 Å². The smallest absolute Gasteiger partial charge is 0.255 e. The van der Waals surface area contributed by atoms with Crippen LogP contribution >= 0.6 is 0 Å². The first-order valence-corrected chi connectivity index (χ1v) is 5.54. The van der Waals surface area contributed by atoms with Gasteiger partial charge >= 0.3 is 0 Å². The Kier molecular flexibility index (Phi) is 4.99. The molecule has 0 saturated carbocycles. The number of para-hydroxylation sites is 1. The number of hydrogen-bond donors (Lipinski definition) is 3. The fourth-order valence-electron chi connectivity index (χ4n) is 1.50. The van der Waals surface area contributed by atoms with Gasteiger partial charge in [-0.15, -0.1) is 0 Å². The third-order valence-electron chi connectivity index (χ3n) is 2.55. The van der Waals surface area contributed by atoms with Crippen molar-refractivity contribution in [1.29, 1.82) is 0 Å². The molecule has 7 heteroatoms. The molecular weight excluding hydrogens is 250 g/mol. The van der Waals surface area contributed by atoms with Crippen molar-refractivity contribution in [2.45, 2.75) is 13.0 Å². The van der Waals surface area contributed by atoms with E-state index in [2.05, 4.69) is 10.5 Å². The minimum absolute atomic E-state index is 0.0878. The molecule has 1 atom stereocenters. The zero-order chi connectivity index (χ0) is 14.4. The molecule has 0 radical (unpaired) electrons. The topological polar surface area (TPSA) is 106 Å². The van der Waals surface area contributed by atoms with Crippen molar-refractivity contribution in [2.75, 3.05) is 14.2 Å². The van der Waals surface area contributed by atoms with Gasteiger partial charge in [0.1, 0.15) is 0 Å². The van der Waals surface area contributed by atoms with Gasteiger partial charge in [0, 0.05) is 0 Å². The second-order valence-electron chi connectivity index (χ2n) is 3.76. The Bertz CT molecular complexity index is 488. The Morgan fingerprint density at radius 1 is 1.42 bits per heavy atom. The molecule has 0 aliphatic rings. The summed E-state index contributed by atoms with van der Waals surface area (Å²) >= 11 is 0. The van der Waals surface area contributed by atoms with Gasteiger partial charge in [-0.25, -0.2) is 0 Å². The van der Waals surface area contributed by atoms with Gasteiger partial charge in [-0.2, -0.15) is 0 Å². The van der Waals surface area contributed by atoms with Crippen molar-refractivity contribution in [3.05, 3.63) is 23.8 Å². The number of benzene rings is 1. The van der Waals surface area contributed by atoms with Crippen molar-refractivity contribution < 1.29 is 19.5 Å². The maximum atomic E-state index is 12.1. The van der Waals surface area contributed by atoms with E-state index in [1.807, 2.05) is 0 Å². The first kappa shape index (κ1) is 14.6. The molecule has 0 aliphatic heterocycles. The van der Waals surface area contributed by atoms with E-state index >= 15 is 0 Å². The average Bonchev–Trinajstić information content (AvgIpc) is 2.44. The van der Waals surface area contributed by atoms with Crippen LogP contribution in [-0.4, -0.2) is 37.2 Å². The lowest BCUT2D eigenvalue weighted by Crippen LogP contribution is -2.42. The van der Waals surface area contributed by atoms with E-state index < -0.39 is 11.9 Å². The highest BCUT2D eigenvalue weighted by Crippen LogP contribution is 2.30. The van der Waals surface area contributed by atoms with E-state index in [4.69, 9.17) is 20.4 Å². The Balaban J connectivity index is 3.00. The molecule has 0 saturated heterocycles. The molecule has 0 aliphatic carbocycles. The van der Waals surface area contributed by atoms with Crippen LogP contribution in [0.4, 0.5) is 0 Å². The van der Waals surface area contributed by atoms with Gasteiger partial charge in [0.2, 0.25) is 0 Å². The molecule has 1 unspecified atom stereocenters. The van der Waals surface area contributed by atoms with Gasteiger partial charge in [-0.1, -0.05) is 11.2 Å². The van der Waals surface area contributed by atoms with Crippen LogP contribution in [0.1, 0.15) is 17.3 Å². The van der Waals surface area contributed by atoms with Crippen LogP contribution in [0.2, 0.25) is 0 Å². The molecule has 1 rings (SSSR count). The van der Waals surface area contributed by atoms with E-state index in [1.165, 1.54) is 14.2 Å². The highest BCUT2D eigenvalue weighted by Gasteiger charge is 2.19. The highest BCUT2D eigenvalue weighted by molar-refractivity contribution is 6.00. The van der Waals surface area contributed by atoms with Crippen LogP contribution in [0.25, 0.3) is 0 Å². The van der Waals surface area contributed by atoms with E-state index in [1.54, 1.807) is 25.1 Å². The molecule has 7 nitrogen and oxygen atoms in total. The van der Waals surface area contributed by atoms with Gasteiger partial charge in [-0.05, 0) is 19.1 Å². The minimum atomic E-state index is -0.603. The predicted octanol–water partition coefficient (Wildman–Crippen LogP) is 0.568. The zero-order valence-corrected chi connectivity index (χ0v) is 11.0. The standard InChI is InChI=1S/C12H17N3O4/c1-7(11(13)15-17)14-12(16)8-5-4-6-9(18-2)10(8)19-3/h4-7,17H,1-3H3,(H2,13,15)(H,14,16). The van der Waals surface area contributed by atoms with E-state index in [-0.39, 0.29) is 5.84 Å². The molecule has 0 bridgehead atoms. The highest BCUT2D eigenvalue weighted by atomic mass is 16.5. The van der Waals surface area contributed by atoms with Crippen LogP contribution < -0.4 is 20.5 Å². The molecule has 0 aromatic heterocycles. The Labute approximate surface area is 111 Å². The Hall–Kier alpha value is -2.44. The fourth-order valence-corrected chi connectivity index (χ4v) is 1.50. The number of ether oxygens (including phenoxy) is 2. The van der Waals surface area contributed by atoms with Gasteiger partial charge < -0.3 is 25.7 Å². The average molecular weight is 267 g/mol. The minimum Gasteiger partial charge on any atom is -0.493 e. The van der Waals surface area contributed by atoms with Crippen molar-refractivity contribution in [3.8, 4) is 11.5 Å². The van der Waals surface area contributed by atoms with Crippen LogP contribution in [0.5, 0.6) is 11.5 Å². The maximum absolute atomic E-state index is 12.1. The van der Waals surface area contributed by atoms with Crippen LogP contribution in [0, 0.1) is 0 Å². The SMILES string of the molecule is COc1cccc(C(=O)NC(C)/C(N)=N/O)c1OC. The molecular formula is C12H17N3O4. The normalized spacial score (nSPS) is 12.7. The number of amidine groups is 1. The molecule has 1 aromatic rings. The number of carbonyl (C=O) groups excluding carboxylic acids is 1. The number of oxime groups is 1. The van der Waals surface area contributed by atoms with Gasteiger partial charge in [0.15, 0.2) is 17.3 Å². The number of methoxy groups -OCH3 is 2. The number of rotatable bonds is 5. The number of nitrogens with zero attached hydrogens (tertiary/aromatic N) is 1. The molecule has 0 spiro atoms. The number of nitrogens with one attached hydrogen (secondary N) is 1. The van der Waals surface area contributed by atoms with Crippen molar-refractivity contribution >= 4 is 11.7 Å². The lowest BCUT2D eigenvalue weighted by atomic mass is 10.1. The van der Waals surface area contributed by atoms with Gasteiger partial charge in [-0.3, -0.25) is 4.79 Å². The lowest BCUT2D eigenvalue weighted by Gasteiger charge is -2.15. The Morgan fingerprint density at radius 3 is 2.63 bits per heavy atom. The van der Waals surface area contributed by atoms with Crippen molar-refractivity contribution in [2.24, 2.45) is 10.9 Å². The zero-order valence-electron chi connectivity index (χ0n) is 11.0. The van der Waals surface area contributed by atoms with Crippen LogP contribution in [0.15, 0.2) is 23.4 Å². The second-order valence-corrected chi connectivity index (χ2v) is 3.76. The number of amides is 1. The number of carbonyl (C=O) groups is 1. The van der Waals surface area contributed by atoms with Crippen LogP contribution in [0.3, 0.4) is 0 Å². The summed E-state index contributed by atoms with van der Waals surface area (Å²) in [7, 11) is 2.93. The van der Waals surface area contributed by atoms with Crippen molar-refractivity contribution in [1.82, 2.24) is 5.32 Å². The monoisotopic (exact) mass is 267 g/mol.